The standard InChI is InChI=1S/C14H24N4O/c1-14(2,3)17-11-6-7-15-12(10-11)13(19)16-8-9-18(4)5/h6-7,10H,8-9H2,1-5H3,(H,15,17)(H,16,19). The SMILES string of the molecule is CN(C)CCNC(=O)c1cc(NC(C)(C)C)ccn1. The van der Waals surface area contributed by atoms with Gasteiger partial charge in [-0.3, -0.25) is 9.78 Å². The van der Waals surface area contributed by atoms with Crippen LogP contribution < -0.4 is 10.6 Å². The molecule has 0 aromatic carbocycles. The van der Waals surface area contributed by atoms with Gasteiger partial charge < -0.3 is 15.5 Å². The molecule has 0 aliphatic heterocycles. The molecule has 1 aromatic heterocycles. The van der Waals surface area contributed by atoms with Crippen molar-refractivity contribution in [2.24, 2.45) is 0 Å². The number of amides is 1. The van der Waals surface area contributed by atoms with E-state index >= 15 is 0 Å². The van der Waals surface area contributed by atoms with Crippen LogP contribution in [0.1, 0.15) is 31.3 Å². The summed E-state index contributed by atoms with van der Waals surface area (Å²) in [6.45, 7) is 7.65. The second-order valence-corrected chi connectivity index (χ2v) is 5.86. The zero-order valence-corrected chi connectivity index (χ0v) is 12.4. The van der Waals surface area contributed by atoms with E-state index in [9.17, 15) is 4.79 Å². The molecule has 1 heterocycles. The molecule has 1 aromatic rings. The van der Waals surface area contributed by atoms with Gasteiger partial charge in [0.15, 0.2) is 0 Å². The van der Waals surface area contributed by atoms with Crippen molar-refractivity contribution in [2.75, 3.05) is 32.5 Å². The first-order chi connectivity index (χ1) is 8.78. The Kier molecular flexibility index (Phi) is 5.30. The van der Waals surface area contributed by atoms with E-state index in [1.54, 1.807) is 12.3 Å². The molecular weight excluding hydrogens is 240 g/mol. The number of carbonyl (C=O) groups excluding carboxylic acids is 1. The summed E-state index contributed by atoms with van der Waals surface area (Å²) in [7, 11) is 3.94. The Morgan fingerprint density at radius 3 is 2.63 bits per heavy atom. The fourth-order valence-corrected chi connectivity index (χ4v) is 1.55. The quantitative estimate of drug-likeness (QED) is 0.848. The van der Waals surface area contributed by atoms with Gasteiger partial charge in [-0.1, -0.05) is 0 Å². The molecule has 0 bridgehead atoms. The topological polar surface area (TPSA) is 57.3 Å². The van der Waals surface area contributed by atoms with Gasteiger partial charge in [0.1, 0.15) is 5.69 Å². The summed E-state index contributed by atoms with van der Waals surface area (Å²) in [6, 6.07) is 3.64. The largest absolute Gasteiger partial charge is 0.380 e. The van der Waals surface area contributed by atoms with Crippen molar-refractivity contribution in [1.29, 1.82) is 0 Å². The first kappa shape index (κ1) is 15.4. The predicted molar refractivity (Wildman–Crippen MR) is 78.5 cm³/mol. The third-order valence-corrected chi connectivity index (χ3v) is 2.36. The van der Waals surface area contributed by atoms with Crippen molar-refractivity contribution < 1.29 is 4.79 Å². The normalized spacial score (nSPS) is 11.5. The minimum atomic E-state index is -0.139. The lowest BCUT2D eigenvalue weighted by Crippen LogP contribution is -2.32. The van der Waals surface area contributed by atoms with Crippen molar-refractivity contribution in [3.63, 3.8) is 0 Å². The summed E-state index contributed by atoms with van der Waals surface area (Å²) < 4.78 is 0. The van der Waals surface area contributed by atoms with Gasteiger partial charge in [-0.15, -0.1) is 0 Å². The van der Waals surface area contributed by atoms with Crippen molar-refractivity contribution in [3.05, 3.63) is 24.0 Å². The number of carbonyl (C=O) groups is 1. The maximum atomic E-state index is 11.9. The highest BCUT2D eigenvalue weighted by atomic mass is 16.1. The molecule has 0 radical (unpaired) electrons. The highest BCUT2D eigenvalue weighted by molar-refractivity contribution is 5.93. The van der Waals surface area contributed by atoms with E-state index in [4.69, 9.17) is 0 Å². The molecule has 2 N–H and O–H groups in total. The summed E-state index contributed by atoms with van der Waals surface area (Å²) in [5, 5.41) is 6.17. The van der Waals surface area contributed by atoms with E-state index in [1.807, 2.05) is 25.1 Å². The van der Waals surface area contributed by atoms with Crippen LogP contribution in [0.25, 0.3) is 0 Å². The average molecular weight is 264 g/mol. The van der Waals surface area contributed by atoms with Gasteiger partial charge in [0.2, 0.25) is 0 Å². The summed E-state index contributed by atoms with van der Waals surface area (Å²) >= 11 is 0. The number of anilines is 1. The van der Waals surface area contributed by atoms with Crippen LogP contribution >= 0.6 is 0 Å². The number of hydrogen-bond acceptors (Lipinski definition) is 4. The minimum Gasteiger partial charge on any atom is -0.380 e. The van der Waals surface area contributed by atoms with Crippen LogP contribution in [0.3, 0.4) is 0 Å². The molecule has 5 heteroatoms. The molecule has 0 fully saturated rings. The number of likely N-dealkylation sites (N-methyl/N-ethyl adjacent to an activating group) is 1. The van der Waals surface area contributed by atoms with Gasteiger partial charge >= 0.3 is 0 Å². The van der Waals surface area contributed by atoms with Crippen LogP contribution in [0.2, 0.25) is 0 Å². The summed E-state index contributed by atoms with van der Waals surface area (Å²) in [6.07, 6.45) is 1.65. The number of pyridine rings is 1. The summed E-state index contributed by atoms with van der Waals surface area (Å²) in [5.74, 6) is -0.139. The maximum Gasteiger partial charge on any atom is 0.269 e. The number of hydrogen-bond donors (Lipinski definition) is 2. The van der Waals surface area contributed by atoms with E-state index in [0.29, 0.717) is 12.2 Å². The Balaban J connectivity index is 2.63. The van der Waals surface area contributed by atoms with Crippen molar-refractivity contribution in [1.82, 2.24) is 15.2 Å². The van der Waals surface area contributed by atoms with Gasteiger partial charge in [0.25, 0.3) is 5.91 Å². The number of rotatable bonds is 5. The Morgan fingerprint density at radius 2 is 2.05 bits per heavy atom. The van der Waals surface area contributed by atoms with Crippen LogP contribution in [0.4, 0.5) is 5.69 Å². The monoisotopic (exact) mass is 264 g/mol. The lowest BCUT2D eigenvalue weighted by Gasteiger charge is -2.22. The van der Waals surface area contributed by atoms with E-state index in [2.05, 4.69) is 36.4 Å². The molecule has 5 nitrogen and oxygen atoms in total. The van der Waals surface area contributed by atoms with Gasteiger partial charge in [-0.05, 0) is 47.0 Å². The first-order valence-corrected chi connectivity index (χ1v) is 6.45. The molecule has 1 amide bonds. The third kappa shape index (κ3) is 6.20. The zero-order valence-electron chi connectivity index (χ0n) is 12.4. The zero-order chi connectivity index (χ0) is 14.5. The highest BCUT2D eigenvalue weighted by Crippen LogP contribution is 2.14. The minimum absolute atomic E-state index is 0.0416. The van der Waals surface area contributed by atoms with Crippen molar-refractivity contribution in [3.8, 4) is 0 Å². The van der Waals surface area contributed by atoms with E-state index in [1.165, 1.54) is 0 Å². The third-order valence-electron chi connectivity index (χ3n) is 2.36. The van der Waals surface area contributed by atoms with E-state index in [0.717, 1.165) is 12.2 Å². The van der Waals surface area contributed by atoms with Crippen molar-refractivity contribution in [2.45, 2.75) is 26.3 Å². The fraction of sp³-hybridized carbons (Fsp3) is 0.571. The van der Waals surface area contributed by atoms with Crippen LogP contribution in [-0.4, -0.2) is 48.5 Å². The molecule has 19 heavy (non-hydrogen) atoms. The van der Waals surface area contributed by atoms with Crippen molar-refractivity contribution >= 4 is 11.6 Å². The molecule has 0 spiro atoms. The molecule has 0 saturated heterocycles. The van der Waals surface area contributed by atoms with E-state index in [-0.39, 0.29) is 11.4 Å². The van der Waals surface area contributed by atoms with E-state index < -0.39 is 0 Å². The maximum absolute atomic E-state index is 11.9. The second kappa shape index (κ2) is 6.52. The molecule has 106 valence electrons. The number of nitrogens with one attached hydrogen (secondary N) is 2. The molecule has 1 rings (SSSR count). The van der Waals surface area contributed by atoms with Gasteiger partial charge in [-0.25, -0.2) is 0 Å². The lowest BCUT2D eigenvalue weighted by molar-refractivity contribution is 0.0946. The highest BCUT2D eigenvalue weighted by Gasteiger charge is 2.12. The number of nitrogens with zero attached hydrogens (tertiary/aromatic N) is 2. The Hall–Kier alpha value is -1.62. The molecule has 0 unspecified atom stereocenters. The van der Waals surface area contributed by atoms with Gasteiger partial charge in [-0.2, -0.15) is 0 Å². The van der Waals surface area contributed by atoms with Crippen LogP contribution in [-0.2, 0) is 0 Å². The second-order valence-electron chi connectivity index (χ2n) is 5.86. The Bertz CT molecular complexity index is 424. The number of aromatic nitrogens is 1. The Labute approximate surface area is 115 Å². The first-order valence-electron chi connectivity index (χ1n) is 6.45. The smallest absolute Gasteiger partial charge is 0.269 e. The fourth-order valence-electron chi connectivity index (χ4n) is 1.55. The average Bonchev–Trinajstić information content (AvgIpc) is 2.26. The van der Waals surface area contributed by atoms with Crippen LogP contribution in [0, 0.1) is 0 Å². The molecule has 0 atom stereocenters. The molecule has 0 aliphatic carbocycles. The van der Waals surface area contributed by atoms with Crippen LogP contribution in [0.5, 0.6) is 0 Å². The summed E-state index contributed by atoms with van der Waals surface area (Å²) in [4.78, 5) is 18.0. The summed E-state index contributed by atoms with van der Waals surface area (Å²) in [5.41, 5.74) is 1.30. The lowest BCUT2D eigenvalue weighted by atomic mass is 10.1. The van der Waals surface area contributed by atoms with Crippen LogP contribution in [0.15, 0.2) is 18.3 Å². The van der Waals surface area contributed by atoms with Gasteiger partial charge in [0.05, 0.1) is 0 Å². The Morgan fingerprint density at radius 1 is 1.37 bits per heavy atom. The van der Waals surface area contributed by atoms with Gasteiger partial charge in [0, 0.05) is 30.5 Å². The predicted octanol–water partition coefficient (Wildman–Crippen LogP) is 1.58. The molecule has 0 aliphatic rings. The molecular formula is C14H24N4O. The molecule has 0 saturated carbocycles.